The summed E-state index contributed by atoms with van der Waals surface area (Å²) in [5.41, 5.74) is 10.3. The van der Waals surface area contributed by atoms with Crippen molar-refractivity contribution in [2.75, 3.05) is 11.1 Å². The van der Waals surface area contributed by atoms with E-state index in [2.05, 4.69) is 20.5 Å². The van der Waals surface area contributed by atoms with Crippen LogP contribution in [-0.4, -0.2) is 21.1 Å². The average Bonchev–Trinajstić information content (AvgIpc) is 3.11. The zero-order chi connectivity index (χ0) is 18.8. The van der Waals surface area contributed by atoms with E-state index in [1.807, 2.05) is 12.1 Å². The molecule has 7 heteroatoms. The van der Waals surface area contributed by atoms with Gasteiger partial charge in [-0.3, -0.25) is 14.9 Å². The number of anilines is 2. The first kappa shape index (κ1) is 17.1. The van der Waals surface area contributed by atoms with Crippen LogP contribution >= 0.6 is 11.6 Å². The van der Waals surface area contributed by atoms with Gasteiger partial charge in [-0.2, -0.15) is 5.10 Å². The third-order valence-corrected chi connectivity index (χ3v) is 4.68. The Hall–Kier alpha value is -3.38. The second kappa shape index (κ2) is 7.09. The van der Waals surface area contributed by atoms with Crippen molar-refractivity contribution in [3.8, 4) is 0 Å². The summed E-state index contributed by atoms with van der Waals surface area (Å²) in [6, 6.07) is 12.6. The van der Waals surface area contributed by atoms with E-state index in [0.717, 1.165) is 22.0 Å². The van der Waals surface area contributed by atoms with E-state index >= 15 is 0 Å². The number of aromatic amines is 1. The van der Waals surface area contributed by atoms with Crippen LogP contribution in [0.25, 0.3) is 10.9 Å². The number of halogens is 1. The Kier molecular flexibility index (Phi) is 4.48. The number of rotatable bonds is 4. The van der Waals surface area contributed by atoms with Crippen LogP contribution in [-0.2, 0) is 6.42 Å². The van der Waals surface area contributed by atoms with Crippen molar-refractivity contribution in [3.05, 3.63) is 82.8 Å². The monoisotopic (exact) mass is 377 g/mol. The number of amides is 1. The summed E-state index contributed by atoms with van der Waals surface area (Å²) in [6.45, 7) is 0. The Morgan fingerprint density at radius 1 is 1.19 bits per heavy atom. The van der Waals surface area contributed by atoms with Crippen LogP contribution in [0.2, 0.25) is 5.02 Å². The molecule has 0 atom stereocenters. The first-order valence-electron chi connectivity index (χ1n) is 8.32. The molecule has 4 aromatic rings. The Balaban J connectivity index is 1.67. The van der Waals surface area contributed by atoms with Crippen LogP contribution in [0.3, 0.4) is 0 Å². The highest BCUT2D eigenvalue weighted by atomic mass is 35.5. The van der Waals surface area contributed by atoms with Crippen LogP contribution in [0.4, 0.5) is 11.4 Å². The summed E-state index contributed by atoms with van der Waals surface area (Å²) in [4.78, 5) is 17.0. The molecule has 0 aliphatic carbocycles. The van der Waals surface area contributed by atoms with E-state index in [-0.39, 0.29) is 5.91 Å². The van der Waals surface area contributed by atoms with Crippen molar-refractivity contribution in [1.29, 1.82) is 0 Å². The number of nitrogens with one attached hydrogen (secondary N) is 2. The number of carbonyl (C=O) groups excluding carboxylic acids is 1. The fraction of sp³-hybridized carbons (Fsp3) is 0.0500. The van der Waals surface area contributed by atoms with Gasteiger partial charge in [0.05, 0.1) is 22.4 Å². The van der Waals surface area contributed by atoms with Gasteiger partial charge in [-0.1, -0.05) is 17.7 Å². The molecule has 0 unspecified atom stereocenters. The van der Waals surface area contributed by atoms with Gasteiger partial charge < -0.3 is 11.1 Å². The molecule has 0 fully saturated rings. The fourth-order valence-electron chi connectivity index (χ4n) is 2.97. The van der Waals surface area contributed by atoms with Crippen LogP contribution in [0.5, 0.6) is 0 Å². The highest BCUT2D eigenvalue weighted by Crippen LogP contribution is 2.28. The molecule has 0 saturated heterocycles. The average molecular weight is 378 g/mol. The first-order chi connectivity index (χ1) is 13.1. The van der Waals surface area contributed by atoms with E-state index in [4.69, 9.17) is 17.3 Å². The van der Waals surface area contributed by atoms with E-state index in [1.165, 1.54) is 0 Å². The van der Waals surface area contributed by atoms with Crippen molar-refractivity contribution >= 4 is 39.8 Å². The van der Waals surface area contributed by atoms with Gasteiger partial charge in [0.1, 0.15) is 0 Å². The van der Waals surface area contributed by atoms with Gasteiger partial charge in [-0.05, 0) is 47.5 Å². The minimum Gasteiger partial charge on any atom is -0.398 e. The van der Waals surface area contributed by atoms with E-state index < -0.39 is 0 Å². The van der Waals surface area contributed by atoms with Crippen LogP contribution in [0.15, 0.2) is 61.1 Å². The van der Waals surface area contributed by atoms with Crippen LogP contribution < -0.4 is 11.1 Å². The number of nitrogen functional groups attached to an aromatic ring is 1. The second-order valence-electron chi connectivity index (χ2n) is 6.15. The van der Waals surface area contributed by atoms with Crippen LogP contribution in [0, 0.1) is 0 Å². The zero-order valence-electron chi connectivity index (χ0n) is 14.2. The number of nitrogens with zero attached hydrogens (tertiary/aromatic N) is 2. The number of aromatic nitrogens is 3. The zero-order valence-corrected chi connectivity index (χ0v) is 15.0. The summed E-state index contributed by atoms with van der Waals surface area (Å²) in [5, 5.41) is 11.0. The van der Waals surface area contributed by atoms with E-state index in [9.17, 15) is 4.79 Å². The van der Waals surface area contributed by atoms with Crippen molar-refractivity contribution in [3.63, 3.8) is 0 Å². The molecule has 1 amide bonds. The molecule has 134 valence electrons. The molecule has 0 aliphatic heterocycles. The molecule has 0 saturated carbocycles. The number of hydrogen-bond donors (Lipinski definition) is 3. The molecular formula is C20H16ClN5O. The second-order valence-corrected chi connectivity index (χ2v) is 6.56. The van der Waals surface area contributed by atoms with Crippen molar-refractivity contribution in [1.82, 2.24) is 15.2 Å². The van der Waals surface area contributed by atoms with Crippen LogP contribution in [0.1, 0.15) is 21.5 Å². The van der Waals surface area contributed by atoms with Gasteiger partial charge in [0, 0.05) is 35.5 Å². The van der Waals surface area contributed by atoms with Gasteiger partial charge in [-0.25, -0.2) is 0 Å². The molecule has 2 aromatic carbocycles. The SMILES string of the molecule is Nc1cccc(C(=O)Nc2cc3cn[nH]c3cc2Cl)c1Cc1ccncc1. The van der Waals surface area contributed by atoms with Gasteiger partial charge >= 0.3 is 0 Å². The highest BCUT2D eigenvalue weighted by molar-refractivity contribution is 6.34. The Bertz CT molecular complexity index is 1120. The summed E-state index contributed by atoms with van der Waals surface area (Å²) in [6.07, 6.45) is 5.64. The lowest BCUT2D eigenvalue weighted by Gasteiger charge is -2.13. The minimum atomic E-state index is -0.267. The number of benzene rings is 2. The quantitative estimate of drug-likeness (QED) is 0.467. The molecule has 27 heavy (non-hydrogen) atoms. The number of pyridine rings is 1. The smallest absolute Gasteiger partial charge is 0.256 e. The van der Waals surface area contributed by atoms with Crippen molar-refractivity contribution in [2.45, 2.75) is 6.42 Å². The Labute approximate surface area is 160 Å². The van der Waals surface area contributed by atoms with Gasteiger partial charge in [-0.15, -0.1) is 0 Å². The maximum absolute atomic E-state index is 12.9. The lowest BCUT2D eigenvalue weighted by atomic mass is 9.98. The van der Waals surface area contributed by atoms with Crippen molar-refractivity contribution in [2.24, 2.45) is 0 Å². The normalized spacial score (nSPS) is 10.9. The molecule has 4 rings (SSSR count). The molecule has 4 N–H and O–H groups in total. The molecule has 6 nitrogen and oxygen atoms in total. The van der Waals surface area contributed by atoms with Gasteiger partial charge in [0.2, 0.25) is 0 Å². The highest BCUT2D eigenvalue weighted by Gasteiger charge is 2.16. The van der Waals surface area contributed by atoms with E-state index in [1.54, 1.807) is 48.9 Å². The molecule has 0 aliphatic rings. The van der Waals surface area contributed by atoms with Gasteiger partial charge in [0.25, 0.3) is 5.91 Å². The lowest BCUT2D eigenvalue weighted by molar-refractivity contribution is 0.102. The lowest BCUT2D eigenvalue weighted by Crippen LogP contribution is -2.16. The predicted octanol–water partition coefficient (Wildman–Crippen LogP) is 4.04. The molecule has 2 heterocycles. The summed E-state index contributed by atoms with van der Waals surface area (Å²) >= 11 is 6.30. The third kappa shape index (κ3) is 3.47. The maximum Gasteiger partial charge on any atom is 0.256 e. The largest absolute Gasteiger partial charge is 0.398 e. The summed E-state index contributed by atoms with van der Waals surface area (Å²) in [5.74, 6) is -0.267. The topological polar surface area (TPSA) is 96.7 Å². The minimum absolute atomic E-state index is 0.267. The number of carbonyl (C=O) groups is 1. The third-order valence-electron chi connectivity index (χ3n) is 4.36. The number of nitrogens with two attached hydrogens (primary N) is 1. The summed E-state index contributed by atoms with van der Waals surface area (Å²) in [7, 11) is 0. The van der Waals surface area contributed by atoms with Gasteiger partial charge in [0.15, 0.2) is 0 Å². The standard InChI is InChI=1S/C20H16ClN5O/c21-16-10-18-13(11-24-26-18)9-19(16)25-20(27)14-2-1-3-17(22)15(14)8-12-4-6-23-7-5-12/h1-7,9-11H,8,22H2,(H,24,26)(H,25,27). The Morgan fingerprint density at radius 2 is 2.00 bits per heavy atom. The number of H-pyrrole nitrogens is 1. The molecule has 2 aromatic heterocycles. The van der Waals surface area contributed by atoms with E-state index in [0.29, 0.717) is 28.4 Å². The maximum atomic E-state index is 12.9. The fourth-order valence-corrected chi connectivity index (χ4v) is 3.18. The molecule has 0 radical (unpaired) electrons. The molecule has 0 spiro atoms. The molecule has 0 bridgehead atoms. The first-order valence-corrected chi connectivity index (χ1v) is 8.70. The predicted molar refractivity (Wildman–Crippen MR) is 107 cm³/mol. The summed E-state index contributed by atoms with van der Waals surface area (Å²) < 4.78 is 0. The Morgan fingerprint density at radius 3 is 2.81 bits per heavy atom. The number of hydrogen-bond acceptors (Lipinski definition) is 4. The van der Waals surface area contributed by atoms with Crippen molar-refractivity contribution < 1.29 is 4.79 Å². The molecular weight excluding hydrogens is 362 g/mol. The number of fused-ring (bicyclic) bond motifs is 1.